The van der Waals surface area contributed by atoms with Crippen LogP contribution in [0.1, 0.15) is 0 Å². The Labute approximate surface area is 93.8 Å². The van der Waals surface area contributed by atoms with E-state index in [-0.39, 0.29) is 11.8 Å². The first-order valence-corrected chi connectivity index (χ1v) is 5.17. The Morgan fingerprint density at radius 3 is 2.50 bits per heavy atom. The number of anilines is 3. The first-order chi connectivity index (χ1) is 7.58. The summed E-state index contributed by atoms with van der Waals surface area (Å²) in [6.07, 6.45) is 0. The van der Waals surface area contributed by atoms with Crippen LogP contribution in [-0.2, 0) is 0 Å². The van der Waals surface area contributed by atoms with Crippen LogP contribution in [0, 0.1) is 5.21 Å². The van der Waals surface area contributed by atoms with Gasteiger partial charge in [-0.1, -0.05) is 4.98 Å². The Morgan fingerprint density at radius 1 is 1.31 bits per heavy atom. The van der Waals surface area contributed by atoms with Gasteiger partial charge in [-0.15, -0.1) is 0 Å². The Kier molecular flexibility index (Phi) is 2.69. The van der Waals surface area contributed by atoms with Crippen LogP contribution in [0.3, 0.4) is 0 Å². The SMILES string of the molecule is CN1CCN(c2cc(N)[n+]([O-])c(N)n2)CC1. The minimum absolute atomic E-state index is 0.0847. The van der Waals surface area contributed by atoms with Crippen molar-refractivity contribution in [3.05, 3.63) is 11.3 Å². The second kappa shape index (κ2) is 4.01. The van der Waals surface area contributed by atoms with E-state index in [0.717, 1.165) is 26.2 Å². The predicted molar refractivity (Wildman–Crippen MR) is 61.7 cm³/mol. The summed E-state index contributed by atoms with van der Waals surface area (Å²) in [5, 5.41) is 11.2. The summed E-state index contributed by atoms with van der Waals surface area (Å²) in [5.74, 6) is 0.658. The van der Waals surface area contributed by atoms with E-state index < -0.39 is 0 Å². The molecular formula is C9H16N6O. The van der Waals surface area contributed by atoms with Crippen LogP contribution < -0.4 is 21.1 Å². The molecule has 0 radical (unpaired) electrons. The maximum Gasteiger partial charge on any atom is 0.346 e. The van der Waals surface area contributed by atoms with E-state index in [4.69, 9.17) is 11.5 Å². The normalized spacial score (nSPS) is 17.7. The summed E-state index contributed by atoms with van der Waals surface area (Å²) in [6.45, 7) is 3.66. The van der Waals surface area contributed by atoms with Crippen molar-refractivity contribution in [2.45, 2.75) is 0 Å². The van der Waals surface area contributed by atoms with E-state index in [9.17, 15) is 5.21 Å². The van der Waals surface area contributed by atoms with Gasteiger partial charge in [0, 0.05) is 26.2 Å². The average Bonchev–Trinajstić information content (AvgIpc) is 2.26. The van der Waals surface area contributed by atoms with Gasteiger partial charge in [-0.3, -0.25) is 0 Å². The van der Waals surface area contributed by atoms with E-state index >= 15 is 0 Å². The molecule has 4 N–H and O–H groups in total. The van der Waals surface area contributed by atoms with Gasteiger partial charge in [0.2, 0.25) is 0 Å². The quantitative estimate of drug-likeness (QED) is 0.451. The molecule has 1 fully saturated rings. The topological polar surface area (TPSA) is 98.3 Å². The summed E-state index contributed by atoms with van der Waals surface area (Å²) < 4.78 is 0.430. The van der Waals surface area contributed by atoms with E-state index in [1.54, 1.807) is 6.07 Å². The number of rotatable bonds is 1. The summed E-state index contributed by atoms with van der Waals surface area (Å²) >= 11 is 0. The molecular weight excluding hydrogens is 208 g/mol. The van der Waals surface area contributed by atoms with Gasteiger partial charge < -0.3 is 26.5 Å². The van der Waals surface area contributed by atoms with E-state index in [2.05, 4.69) is 21.8 Å². The third kappa shape index (κ3) is 1.94. The summed E-state index contributed by atoms with van der Waals surface area (Å²) in [6, 6.07) is 1.56. The molecule has 88 valence electrons. The number of hydrogen-bond acceptors (Lipinski definition) is 6. The van der Waals surface area contributed by atoms with Crippen molar-refractivity contribution in [3.8, 4) is 0 Å². The van der Waals surface area contributed by atoms with Crippen molar-refractivity contribution in [1.29, 1.82) is 0 Å². The average molecular weight is 224 g/mol. The second-order valence-electron chi connectivity index (χ2n) is 3.98. The zero-order valence-electron chi connectivity index (χ0n) is 9.26. The van der Waals surface area contributed by atoms with Crippen LogP contribution in [0.15, 0.2) is 6.07 Å². The van der Waals surface area contributed by atoms with Gasteiger partial charge in [0.15, 0.2) is 11.6 Å². The summed E-state index contributed by atoms with van der Waals surface area (Å²) in [4.78, 5) is 8.35. The van der Waals surface area contributed by atoms with Crippen molar-refractivity contribution in [3.63, 3.8) is 0 Å². The summed E-state index contributed by atoms with van der Waals surface area (Å²) in [5.41, 5.74) is 11.0. The highest BCUT2D eigenvalue weighted by atomic mass is 16.5. The highest BCUT2D eigenvalue weighted by molar-refractivity contribution is 5.47. The standard InChI is InChI=1S/C9H16N6O/c1-13-2-4-14(5-3-13)8-6-7(10)15(16)9(11)12-8/h6H,2-5,10H2,1H3,(H2,11,12). The van der Waals surface area contributed by atoms with Crippen molar-refractivity contribution in [2.75, 3.05) is 49.6 Å². The lowest BCUT2D eigenvalue weighted by Crippen LogP contribution is -2.45. The number of nitrogens with zero attached hydrogens (tertiary/aromatic N) is 4. The van der Waals surface area contributed by atoms with E-state index in [0.29, 0.717) is 10.5 Å². The van der Waals surface area contributed by atoms with Crippen molar-refractivity contribution >= 4 is 17.6 Å². The molecule has 0 amide bonds. The van der Waals surface area contributed by atoms with Crippen LogP contribution in [0.25, 0.3) is 0 Å². The number of likely N-dealkylation sites (N-methyl/N-ethyl adjacent to an activating group) is 1. The molecule has 1 aromatic rings. The first kappa shape index (κ1) is 10.7. The molecule has 1 aliphatic rings. The maximum atomic E-state index is 11.2. The molecule has 0 aromatic carbocycles. The molecule has 2 heterocycles. The van der Waals surface area contributed by atoms with Crippen molar-refractivity contribution in [1.82, 2.24) is 9.88 Å². The molecule has 0 aliphatic carbocycles. The Balaban J connectivity index is 2.21. The third-order valence-corrected chi connectivity index (χ3v) is 2.78. The number of aromatic nitrogens is 2. The summed E-state index contributed by atoms with van der Waals surface area (Å²) in [7, 11) is 2.07. The van der Waals surface area contributed by atoms with Crippen molar-refractivity contribution in [2.24, 2.45) is 0 Å². The highest BCUT2D eigenvalue weighted by Crippen LogP contribution is 2.15. The van der Waals surface area contributed by atoms with Crippen molar-refractivity contribution < 1.29 is 4.73 Å². The smallest absolute Gasteiger partial charge is 0.346 e. The number of nitrogens with two attached hydrogens (primary N) is 2. The zero-order chi connectivity index (χ0) is 11.7. The zero-order valence-corrected chi connectivity index (χ0v) is 9.26. The van der Waals surface area contributed by atoms with Gasteiger partial charge in [0.05, 0.1) is 6.07 Å². The molecule has 16 heavy (non-hydrogen) atoms. The highest BCUT2D eigenvalue weighted by Gasteiger charge is 2.19. The van der Waals surface area contributed by atoms with Crippen LogP contribution in [0.5, 0.6) is 0 Å². The fourth-order valence-corrected chi connectivity index (χ4v) is 1.72. The van der Waals surface area contributed by atoms with Crippen LogP contribution >= 0.6 is 0 Å². The molecule has 0 unspecified atom stereocenters. The largest absolute Gasteiger partial charge is 0.754 e. The van der Waals surface area contributed by atoms with Crippen LogP contribution in [0.2, 0.25) is 0 Å². The third-order valence-electron chi connectivity index (χ3n) is 2.78. The lowest BCUT2D eigenvalue weighted by Gasteiger charge is -2.32. The number of nitrogen functional groups attached to an aromatic ring is 2. The Morgan fingerprint density at radius 2 is 1.94 bits per heavy atom. The molecule has 7 nitrogen and oxygen atoms in total. The van der Waals surface area contributed by atoms with Gasteiger partial charge in [-0.25, -0.2) is 4.73 Å². The van der Waals surface area contributed by atoms with Crippen LogP contribution in [0.4, 0.5) is 17.6 Å². The molecule has 2 rings (SSSR count). The van der Waals surface area contributed by atoms with Gasteiger partial charge in [-0.05, 0) is 7.05 Å². The number of hydrogen-bond donors (Lipinski definition) is 2. The molecule has 7 heteroatoms. The fraction of sp³-hybridized carbons (Fsp3) is 0.556. The first-order valence-electron chi connectivity index (χ1n) is 5.17. The molecule has 1 aliphatic heterocycles. The maximum absolute atomic E-state index is 11.2. The molecule has 0 spiro atoms. The molecule has 1 saturated heterocycles. The minimum atomic E-state index is -0.103. The van der Waals surface area contributed by atoms with Crippen LogP contribution in [-0.4, -0.2) is 43.1 Å². The van der Waals surface area contributed by atoms with Gasteiger partial charge in [0.1, 0.15) is 0 Å². The van der Waals surface area contributed by atoms with Gasteiger partial charge in [-0.2, -0.15) is 0 Å². The van der Waals surface area contributed by atoms with E-state index in [1.807, 2.05) is 0 Å². The second-order valence-corrected chi connectivity index (χ2v) is 3.98. The lowest BCUT2D eigenvalue weighted by atomic mass is 10.3. The molecule has 1 aromatic heterocycles. The van der Waals surface area contributed by atoms with E-state index in [1.165, 1.54) is 0 Å². The van der Waals surface area contributed by atoms with Gasteiger partial charge >= 0.3 is 5.95 Å². The number of piperazine rings is 1. The predicted octanol–water partition coefficient (Wildman–Crippen LogP) is -1.37. The lowest BCUT2D eigenvalue weighted by molar-refractivity contribution is -0.576. The molecule has 0 atom stereocenters. The monoisotopic (exact) mass is 224 g/mol. The minimum Gasteiger partial charge on any atom is -0.754 e. The van der Waals surface area contributed by atoms with Gasteiger partial charge in [0.25, 0.3) is 0 Å². The molecule has 0 bridgehead atoms. The Hall–Kier alpha value is -1.76. The molecule has 0 saturated carbocycles. The Bertz CT molecular complexity index is 365. The fourth-order valence-electron chi connectivity index (χ4n) is 1.72.